The second-order valence-electron chi connectivity index (χ2n) is 3.95. The summed E-state index contributed by atoms with van der Waals surface area (Å²) in [4.78, 5) is 8.51. The maximum Gasteiger partial charge on any atom is 0.310 e. The summed E-state index contributed by atoms with van der Waals surface area (Å²) in [6, 6.07) is 1.04. The van der Waals surface area contributed by atoms with Crippen LogP contribution in [-0.2, 0) is 0 Å². The summed E-state index contributed by atoms with van der Waals surface area (Å²) in [6.07, 6.45) is -0.348. The summed E-state index contributed by atoms with van der Waals surface area (Å²) in [5, 5.41) is 0. The minimum absolute atomic E-state index is 0.0463. The Morgan fingerprint density at radius 1 is 1.17 bits per heavy atom. The van der Waals surface area contributed by atoms with E-state index in [0.29, 0.717) is 0 Å². The van der Waals surface area contributed by atoms with E-state index in [2.05, 4.69) is 0 Å². The molecule has 0 atom stereocenters. The second kappa shape index (κ2) is 3.59. The Morgan fingerprint density at radius 3 is 2.11 bits per heavy atom. The van der Waals surface area contributed by atoms with E-state index in [1.807, 2.05) is 0 Å². The summed E-state index contributed by atoms with van der Waals surface area (Å²) >= 11 is 0. The largest absolute Gasteiger partial charge is 0.490 e. The van der Waals surface area contributed by atoms with Gasteiger partial charge in [-0.15, -0.1) is 0 Å². The van der Waals surface area contributed by atoms with Crippen molar-refractivity contribution >= 4 is 16.5 Å². The van der Waals surface area contributed by atoms with Gasteiger partial charge in [-0.2, -0.15) is 0 Å². The van der Waals surface area contributed by atoms with Crippen molar-refractivity contribution in [3.8, 4) is 5.75 Å². The molecule has 18 heavy (non-hydrogen) atoms. The van der Waals surface area contributed by atoms with Crippen LogP contribution in [0.1, 0.15) is 24.2 Å². The topological polar surface area (TPSA) is 26.3 Å². The number of hydrogen-bond acceptors (Lipinski definition) is 2. The van der Waals surface area contributed by atoms with Gasteiger partial charge in [0.1, 0.15) is 10.6 Å². The molecule has 0 aliphatic heterocycles. The highest BCUT2D eigenvalue weighted by molar-refractivity contribution is 8.45. The van der Waals surface area contributed by atoms with Gasteiger partial charge in [0.15, 0.2) is 6.29 Å². The summed E-state index contributed by atoms with van der Waals surface area (Å²) in [5.41, 5.74) is -0.561. The standard InChI is InChI=1S/C10H11F5O2S/c1-7(2)17-10-4-3-9(5-8(10)6-16)18(11,12,13,14)15/h3-7H,1-2H3. The van der Waals surface area contributed by atoms with Crippen LogP contribution in [0.3, 0.4) is 0 Å². The van der Waals surface area contributed by atoms with Crippen molar-refractivity contribution in [2.24, 2.45) is 0 Å². The Kier molecular flexibility index (Phi) is 2.95. The zero-order chi connectivity index (χ0) is 14.3. The van der Waals surface area contributed by atoms with Gasteiger partial charge >= 0.3 is 10.2 Å². The third kappa shape index (κ3) is 3.59. The van der Waals surface area contributed by atoms with Crippen molar-refractivity contribution < 1.29 is 29.0 Å². The van der Waals surface area contributed by atoms with Gasteiger partial charge in [0, 0.05) is 0 Å². The highest BCUT2D eigenvalue weighted by Crippen LogP contribution is 3.02. The molecule has 0 unspecified atom stereocenters. The van der Waals surface area contributed by atoms with E-state index in [0.717, 1.165) is 6.07 Å². The maximum atomic E-state index is 12.5. The number of ether oxygens (including phenoxy) is 1. The summed E-state index contributed by atoms with van der Waals surface area (Å²) in [6.45, 7) is 3.18. The van der Waals surface area contributed by atoms with E-state index in [9.17, 15) is 24.2 Å². The number of rotatable bonds is 4. The maximum absolute atomic E-state index is 12.5. The lowest BCUT2D eigenvalue weighted by atomic mass is 10.2. The summed E-state index contributed by atoms with van der Waals surface area (Å²) < 4.78 is 67.5. The Bertz CT molecular complexity index is 480. The normalized spacial score (nSPS) is 16.0. The molecule has 0 radical (unpaired) electrons. The van der Waals surface area contributed by atoms with Gasteiger partial charge < -0.3 is 4.74 Å². The zero-order valence-electron chi connectivity index (χ0n) is 9.50. The molecule has 0 amide bonds. The third-order valence-electron chi connectivity index (χ3n) is 1.92. The van der Waals surface area contributed by atoms with E-state index in [-0.39, 0.29) is 24.2 Å². The van der Waals surface area contributed by atoms with Gasteiger partial charge in [0.05, 0.1) is 11.7 Å². The van der Waals surface area contributed by atoms with Crippen LogP contribution in [0.25, 0.3) is 0 Å². The van der Waals surface area contributed by atoms with Gasteiger partial charge in [0.2, 0.25) is 0 Å². The fraction of sp³-hybridized carbons (Fsp3) is 0.300. The summed E-state index contributed by atoms with van der Waals surface area (Å²) in [7, 11) is -9.76. The molecule has 0 fully saturated rings. The predicted molar refractivity (Wildman–Crippen MR) is 59.0 cm³/mol. The Hall–Kier alpha value is -1.31. The van der Waals surface area contributed by atoms with Crippen molar-refractivity contribution in [1.82, 2.24) is 0 Å². The monoisotopic (exact) mass is 290 g/mol. The van der Waals surface area contributed by atoms with Crippen molar-refractivity contribution in [3.05, 3.63) is 23.8 Å². The molecule has 0 aromatic heterocycles. The fourth-order valence-corrected chi connectivity index (χ4v) is 1.89. The first-order valence-corrected chi connectivity index (χ1v) is 6.78. The molecule has 1 rings (SSSR count). The third-order valence-corrected chi connectivity index (χ3v) is 3.06. The molecule has 0 spiro atoms. The Morgan fingerprint density at radius 2 is 1.72 bits per heavy atom. The zero-order valence-corrected chi connectivity index (χ0v) is 10.3. The first-order valence-electron chi connectivity index (χ1n) is 4.83. The van der Waals surface area contributed by atoms with Crippen LogP contribution in [0.4, 0.5) is 19.4 Å². The first kappa shape index (κ1) is 14.7. The lowest BCUT2D eigenvalue weighted by Crippen LogP contribution is -2.10. The van der Waals surface area contributed by atoms with Crippen molar-refractivity contribution in [3.63, 3.8) is 0 Å². The Labute approximate surface area is 100 Å². The highest BCUT2D eigenvalue weighted by Gasteiger charge is 2.65. The molecule has 1 aromatic rings. The number of carbonyl (C=O) groups is 1. The lowest BCUT2D eigenvalue weighted by Gasteiger charge is -2.40. The van der Waals surface area contributed by atoms with Crippen LogP contribution >= 0.6 is 10.2 Å². The number of benzene rings is 1. The molecule has 104 valence electrons. The van der Waals surface area contributed by atoms with E-state index >= 15 is 0 Å². The van der Waals surface area contributed by atoms with Gasteiger partial charge in [-0.25, -0.2) is 0 Å². The molecule has 0 heterocycles. The summed E-state index contributed by atoms with van der Waals surface area (Å²) in [5.74, 6) is -0.161. The molecule has 0 saturated carbocycles. The van der Waals surface area contributed by atoms with Crippen LogP contribution in [0, 0.1) is 0 Å². The highest BCUT2D eigenvalue weighted by atomic mass is 32.5. The fourth-order valence-electron chi connectivity index (χ4n) is 1.22. The molecule has 0 N–H and O–H groups in total. The van der Waals surface area contributed by atoms with Crippen LogP contribution in [-0.4, -0.2) is 12.4 Å². The SMILES string of the molecule is CC(C)Oc1ccc(S(F)(F)(F)(F)F)cc1C=O. The number of carbonyl (C=O) groups excluding carboxylic acids is 1. The number of hydrogen-bond donors (Lipinski definition) is 0. The lowest BCUT2D eigenvalue weighted by molar-refractivity contribution is 0.111. The molecular formula is C10H11F5O2S. The minimum Gasteiger partial charge on any atom is -0.490 e. The van der Waals surface area contributed by atoms with Gasteiger partial charge in [0.25, 0.3) is 0 Å². The minimum atomic E-state index is -9.76. The smallest absolute Gasteiger partial charge is 0.310 e. The van der Waals surface area contributed by atoms with E-state index in [1.54, 1.807) is 13.8 Å². The Balaban J connectivity index is 3.36. The van der Waals surface area contributed by atoms with E-state index in [4.69, 9.17) is 4.74 Å². The number of halogens is 5. The molecule has 0 bridgehead atoms. The number of aldehydes is 1. The van der Waals surface area contributed by atoms with Crippen LogP contribution in [0.15, 0.2) is 23.1 Å². The predicted octanol–water partition coefficient (Wildman–Crippen LogP) is 4.94. The van der Waals surface area contributed by atoms with Crippen molar-refractivity contribution in [1.29, 1.82) is 0 Å². The molecular weight excluding hydrogens is 279 g/mol. The van der Waals surface area contributed by atoms with E-state index in [1.165, 1.54) is 0 Å². The molecule has 8 heteroatoms. The van der Waals surface area contributed by atoms with Crippen molar-refractivity contribution in [2.45, 2.75) is 24.8 Å². The second-order valence-corrected chi connectivity index (χ2v) is 6.36. The van der Waals surface area contributed by atoms with Gasteiger partial charge in [-0.3, -0.25) is 4.79 Å². The molecule has 0 aliphatic carbocycles. The van der Waals surface area contributed by atoms with Gasteiger partial charge in [-0.1, -0.05) is 19.4 Å². The van der Waals surface area contributed by atoms with Gasteiger partial charge in [-0.05, 0) is 32.0 Å². The first-order chi connectivity index (χ1) is 7.83. The van der Waals surface area contributed by atoms with E-state index < -0.39 is 26.8 Å². The quantitative estimate of drug-likeness (QED) is 0.579. The average Bonchev–Trinajstić information content (AvgIpc) is 2.13. The van der Waals surface area contributed by atoms with Crippen molar-refractivity contribution in [2.75, 3.05) is 0 Å². The molecule has 2 nitrogen and oxygen atoms in total. The van der Waals surface area contributed by atoms with Crippen LogP contribution in [0.2, 0.25) is 0 Å². The van der Waals surface area contributed by atoms with Crippen LogP contribution < -0.4 is 4.74 Å². The average molecular weight is 290 g/mol. The molecule has 0 aliphatic rings. The van der Waals surface area contributed by atoms with Crippen LogP contribution in [0.5, 0.6) is 5.75 Å². The molecule has 0 saturated heterocycles. The molecule has 1 aromatic carbocycles.